The molecule has 0 heterocycles. The van der Waals surface area contributed by atoms with E-state index < -0.39 is 17.3 Å². The smallest absolute Gasteiger partial charge is 0.341 e. The fourth-order valence-electron chi connectivity index (χ4n) is 1.05. The second-order valence-electron chi connectivity index (χ2n) is 2.92. The van der Waals surface area contributed by atoms with Crippen LogP contribution in [0.15, 0.2) is 24.3 Å². The van der Waals surface area contributed by atoms with E-state index in [0.29, 0.717) is 6.42 Å². The number of benzene rings is 1. The van der Waals surface area contributed by atoms with Crippen molar-refractivity contribution >= 4 is 17.3 Å². The highest BCUT2D eigenvalue weighted by Gasteiger charge is 2.13. The molecule has 0 aliphatic carbocycles. The zero-order valence-electron chi connectivity index (χ0n) is 8.67. The summed E-state index contributed by atoms with van der Waals surface area (Å²) >= 11 is -2.71. The number of hydrogen-bond donors (Lipinski definition) is 0. The molecule has 0 amide bonds. The Bertz CT molecular complexity index is 391. The second kappa shape index (κ2) is 6.24. The van der Waals surface area contributed by atoms with Gasteiger partial charge in [0.1, 0.15) is 16.9 Å². The van der Waals surface area contributed by atoms with Crippen molar-refractivity contribution in [1.82, 2.24) is 0 Å². The first-order chi connectivity index (χ1) is 7.65. The summed E-state index contributed by atoms with van der Waals surface area (Å²) in [7, 11) is 0. The normalized spacial score (nSPS) is 11.9. The molecule has 0 fully saturated rings. The van der Waals surface area contributed by atoms with E-state index in [0.717, 1.165) is 0 Å². The molecule has 1 atom stereocenters. The Kier molecular flexibility index (Phi) is 4.94. The number of para-hydroxylation sites is 1. The molecule has 1 aromatic carbocycles. The summed E-state index contributed by atoms with van der Waals surface area (Å²) in [4.78, 5) is 11.5. The summed E-state index contributed by atoms with van der Waals surface area (Å²) in [6.07, 6.45) is 0.697. The summed E-state index contributed by atoms with van der Waals surface area (Å²) in [6.45, 7) is 2.15. The Morgan fingerprint density at radius 2 is 2.12 bits per heavy atom. The number of rotatable bonds is 5. The van der Waals surface area contributed by atoms with Gasteiger partial charge >= 0.3 is 5.97 Å². The minimum atomic E-state index is -2.71. The maximum Gasteiger partial charge on any atom is 0.341 e. The maximum atomic E-state index is 11.5. The molecule has 1 rings (SSSR count). The molecule has 0 N–H and O–H groups in total. The number of carbonyl (C=O) groups excluding carboxylic acids is 1. The van der Waals surface area contributed by atoms with Crippen LogP contribution in [0.25, 0.3) is 0 Å². The average molecular weight is 243 g/mol. The summed E-state index contributed by atoms with van der Waals surface area (Å²) in [5, 5.41) is 0. The van der Waals surface area contributed by atoms with Crippen molar-refractivity contribution in [2.24, 2.45) is 0 Å². The van der Waals surface area contributed by atoms with Gasteiger partial charge in [0.05, 0.1) is 6.61 Å². The molecule has 1 aromatic rings. The van der Waals surface area contributed by atoms with Gasteiger partial charge in [0, 0.05) is 0 Å². The fraction of sp³-hybridized carbons (Fsp3) is 0.300. The van der Waals surface area contributed by atoms with E-state index in [2.05, 4.69) is 4.18 Å². The largest absolute Gasteiger partial charge is 0.740 e. The molecule has 16 heavy (non-hydrogen) atoms. The number of carbonyl (C=O) groups is 1. The second-order valence-corrected chi connectivity index (χ2v) is 3.49. The molecule has 0 aliphatic rings. The van der Waals surface area contributed by atoms with Crippen LogP contribution >= 0.6 is 0 Å². The van der Waals surface area contributed by atoms with Crippen molar-refractivity contribution in [3.8, 4) is 5.75 Å². The van der Waals surface area contributed by atoms with E-state index in [1.807, 2.05) is 6.92 Å². The van der Waals surface area contributed by atoms with Crippen molar-refractivity contribution in [1.29, 1.82) is 0 Å². The van der Waals surface area contributed by atoms with Gasteiger partial charge in [-0.1, -0.05) is 19.1 Å². The van der Waals surface area contributed by atoms with Crippen molar-refractivity contribution in [3.05, 3.63) is 29.8 Å². The summed E-state index contributed by atoms with van der Waals surface area (Å²) in [6, 6.07) is 6.00. The van der Waals surface area contributed by atoms with Gasteiger partial charge in [0.2, 0.25) is 0 Å². The lowest BCUT2D eigenvalue weighted by Crippen LogP contribution is -2.09. The lowest BCUT2D eigenvalue weighted by Gasteiger charge is -2.11. The number of ether oxygens (including phenoxy) is 1. The zero-order chi connectivity index (χ0) is 12.0. The van der Waals surface area contributed by atoms with Crippen molar-refractivity contribution < 1.29 is 22.5 Å². The topological polar surface area (TPSA) is 75.7 Å². The highest BCUT2D eigenvalue weighted by Crippen LogP contribution is 2.19. The minimum absolute atomic E-state index is 0.0306. The molecular formula is C10H11O5S-. The predicted molar refractivity (Wildman–Crippen MR) is 56.6 cm³/mol. The van der Waals surface area contributed by atoms with Crippen LogP contribution in [0.5, 0.6) is 5.75 Å². The van der Waals surface area contributed by atoms with Gasteiger partial charge in [-0.05, 0) is 18.6 Å². The quantitative estimate of drug-likeness (QED) is 0.577. The van der Waals surface area contributed by atoms with Crippen molar-refractivity contribution in [3.63, 3.8) is 0 Å². The minimum Gasteiger partial charge on any atom is -0.740 e. The molecule has 0 aliphatic heterocycles. The average Bonchev–Trinajstić information content (AvgIpc) is 2.26. The number of esters is 1. The molecule has 0 bridgehead atoms. The first-order valence-electron chi connectivity index (χ1n) is 4.69. The lowest BCUT2D eigenvalue weighted by atomic mass is 10.2. The third kappa shape index (κ3) is 3.63. The van der Waals surface area contributed by atoms with Crippen molar-refractivity contribution in [2.75, 3.05) is 6.61 Å². The van der Waals surface area contributed by atoms with Gasteiger partial charge in [-0.2, -0.15) is 0 Å². The van der Waals surface area contributed by atoms with Crippen LogP contribution in [-0.4, -0.2) is 21.3 Å². The Hall–Kier alpha value is -1.40. The third-order valence-corrected chi connectivity index (χ3v) is 2.02. The molecule has 5 nitrogen and oxygen atoms in total. The van der Waals surface area contributed by atoms with Gasteiger partial charge in [0.25, 0.3) is 0 Å². The molecule has 0 aromatic heterocycles. The molecule has 0 spiro atoms. The van der Waals surface area contributed by atoms with Gasteiger partial charge in [0.15, 0.2) is 5.75 Å². The summed E-state index contributed by atoms with van der Waals surface area (Å²) in [5.74, 6) is -0.625. The Morgan fingerprint density at radius 3 is 2.75 bits per heavy atom. The van der Waals surface area contributed by atoms with Gasteiger partial charge in [-0.3, -0.25) is 0 Å². The van der Waals surface area contributed by atoms with Gasteiger partial charge < -0.3 is 13.5 Å². The first-order valence-corrected chi connectivity index (χ1v) is 5.69. The van der Waals surface area contributed by atoms with E-state index >= 15 is 0 Å². The highest BCUT2D eigenvalue weighted by atomic mass is 32.2. The van der Waals surface area contributed by atoms with Crippen LogP contribution in [0.2, 0.25) is 0 Å². The van der Waals surface area contributed by atoms with E-state index in [4.69, 9.17) is 4.74 Å². The molecule has 6 heteroatoms. The monoisotopic (exact) mass is 243 g/mol. The zero-order valence-corrected chi connectivity index (χ0v) is 9.49. The summed E-state index contributed by atoms with van der Waals surface area (Å²) < 4.78 is 30.1. The molecular weight excluding hydrogens is 232 g/mol. The van der Waals surface area contributed by atoms with E-state index in [9.17, 15) is 13.6 Å². The van der Waals surface area contributed by atoms with Crippen LogP contribution in [-0.2, 0) is 16.1 Å². The summed E-state index contributed by atoms with van der Waals surface area (Å²) in [5.41, 5.74) is 0.0974. The molecule has 0 saturated heterocycles. The SMILES string of the molecule is CCCOC(=O)c1ccccc1OS(=O)[O-]. The molecule has 0 saturated carbocycles. The molecule has 88 valence electrons. The van der Waals surface area contributed by atoms with Gasteiger partial charge in [-0.15, -0.1) is 0 Å². The third-order valence-electron chi connectivity index (χ3n) is 1.70. The Balaban J connectivity index is 2.85. The van der Waals surface area contributed by atoms with Crippen LogP contribution in [0.1, 0.15) is 23.7 Å². The van der Waals surface area contributed by atoms with Crippen molar-refractivity contribution in [2.45, 2.75) is 13.3 Å². The highest BCUT2D eigenvalue weighted by molar-refractivity contribution is 7.74. The van der Waals surface area contributed by atoms with Crippen LogP contribution < -0.4 is 4.18 Å². The Labute approximate surface area is 95.9 Å². The molecule has 0 radical (unpaired) electrons. The first kappa shape index (κ1) is 12.7. The van der Waals surface area contributed by atoms with Crippen LogP contribution in [0, 0.1) is 0 Å². The Morgan fingerprint density at radius 1 is 1.44 bits per heavy atom. The maximum absolute atomic E-state index is 11.5. The number of hydrogen-bond acceptors (Lipinski definition) is 5. The lowest BCUT2D eigenvalue weighted by molar-refractivity contribution is 0.0503. The van der Waals surface area contributed by atoms with Crippen LogP contribution in [0.3, 0.4) is 0 Å². The standard InChI is InChI=1S/C10H12O5S/c1-2-7-14-10(11)8-5-3-4-6-9(8)15-16(12)13/h3-6H,2,7H2,1H3,(H,12,13)/p-1. The van der Waals surface area contributed by atoms with E-state index in [1.54, 1.807) is 12.1 Å². The predicted octanol–water partition coefficient (Wildman–Crippen LogP) is 1.43. The van der Waals surface area contributed by atoms with E-state index in [-0.39, 0.29) is 17.9 Å². The van der Waals surface area contributed by atoms with Gasteiger partial charge in [-0.25, -0.2) is 9.00 Å². The fourth-order valence-corrected chi connectivity index (χ4v) is 1.35. The van der Waals surface area contributed by atoms with E-state index in [1.165, 1.54) is 12.1 Å². The van der Waals surface area contributed by atoms with Crippen LogP contribution in [0.4, 0.5) is 0 Å². The molecule has 1 unspecified atom stereocenters.